The molecule has 0 bridgehead atoms. The van der Waals surface area contributed by atoms with Crippen molar-refractivity contribution >= 4 is 27.3 Å². The van der Waals surface area contributed by atoms with Crippen LogP contribution in [-0.2, 0) is 7.05 Å². The van der Waals surface area contributed by atoms with Gasteiger partial charge in [0.15, 0.2) is 0 Å². The van der Waals surface area contributed by atoms with Crippen molar-refractivity contribution in [3.05, 3.63) is 28.3 Å². The van der Waals surface area contributed by atoms with Crippen LogP contribution in [0.1, 0.15) is 0 Å². The molecule has 0 saturated heterocycles. The highest BCUT2D eigenvalue weighted by Gasteiger charge is 2.02. The van der Waals surface area contributed by atoms with Crippen LogP contribution in [0, 0.1) is 0 Å². The first-order chi connectivity index (χ1) is 5.75. The molecule has 12 heavy (non-hydrogen) atoms. The van der Waals surface area contributed by atoms with Gasteiger partial charge in [-0.2, -0.15) is 5.10 Å². The van der Waals surface area contributed by atoms with Gasteiger partial charge in [-0.25, -0.2) is 0 Å². The van der Waals surface area contributed by atoms with Gasteiger partial charge in [-0.3, -0.25) is 4.68 Å². The first-order valence-corrected chi connectivity index (χ1v) is 5.11. The third-order valence-electron chi connectivity index (χ3n) is 1.56. The highest BCUT2D eigenvalue weighted by Crippen LogP contribution is 2.30. The summed E-state index contributed by atoms with van der Waals surface area (Å²) in [7, 11) is 1.92. The fourth-order valence-electron chi connectivity index (χ4n) is 1.02. The van der Waals surface area contributed by atoms with Gasteiger partial charge in [0, 0.05) is 23.7 Å². The number of thiophene rings is 1. The van der Waals surface area contributed by atoms with E-state index in [0.29, 0.717) is 0 Å². The van der Waals surface area contributed by atoms with Crippen LogP contribution in [0.5, 0.6) is 0 Å². The molecular formula is C8H7BrN2S. The maximum absolute atomic E-state index is 4.11. The molecule has 0 N–H and O–H groups in total. The van der Waals surface area contributed by atoms with Gasteiger partial charge in [-0.05, 0) is 28.1 Å². The second kappa shape index (κ2) is 3.03. The molecular weight excluding hydrogens is 236 g/mol. The molecule has 0 radical (unpaired) electrons. The summed E-state index contributed by atoms with van der Waals surface area (Å²) < 4.78 is 2.96. The van der Waals surface area contributed by atoms with E-state index in [4.69, 9.17) is 0 Å². The highest BCUT2D eigenvalue weighted by atomic mass is 79.9. The molecule has 0 amide bonds. The van der Waals surface area contributed by atoms with Crippen LogP contribution in [0.3, 0.4) is 0 Å². The molecule has 0 aliphatic carbocycles. The monoisotopic (exact) mass is 242 g/mol. The number of aromatic nitrogens is 2. The fourth-order valence-corrected chi connectivity index (χ4v) is 2.38. The Balaban J connectivity index is 2.43. The van der Waals surface area contributed by atoms with E-state index in [1.165, 1.54) is 10.4 Å². The van der Waals surface area contributed by atoms with Crippen LogP contribution < -0.4 is 0 Å². The number of hydrogen-bond acceptors (Lipinski definition) is 2. The zero-order valence-electron chi connectivity index (χ0n) is 6.49. The molecule has 0 fully saturated rings. The van der Waals surface area contributed by atoms with E-state index < -0.39 is 0 Å². The van der Waals surface area contributed by atoms with Crippen LogP contribution in [0.15, 0.2) is 28.3 Å². The Bertz CT molecular complexity index is 353. The number of hydrogen-bond donors (Lipinski definition) is 0. The van der Waals surface area contributed by atoms with Gasteiger partial charge in [0.1, 0.15) is 0 Å². The molecule has 0 saturated carbocycles. The minimum absolute atomic E-state index is 1.15. The van der Waals surface area contributed by atoms with Gasteiger partial charge in [-0.15, -0.1) is 11.3 Å². The van der Waals surface area contributed by atoms with E-state index >= 15 is 0 Å². The lowest BCUT2D eigenvalue weighted by Gasteiger charge is -1.86. The first-order valence-electron chi connectivity index (χ1n) is 3.50. The fraction of sp³-hybridized carbons (Fsp3) is 0.125. The normalized spacial score (nSPS) is 10.5. The van der Waals surface area contributed by atoms with E-state index in [-0.39, 0.29) is 0 Å². The van der Waals surface area contributed by atoms with Crippen LogP contribution in [0.4, 0.5) is 0 Å². The van der Waals surface area contributed by atoms with E-state index in [9.17, 15) is 0 Å². The average molecular weight is 243 g/mol. The summed E-state index contributed by atoms with van der Waals surface area (Å²) in [6, 6.07) is 4.14. The van der Waals surface area contributed by atoms with Gasteiger partial charge < -0.3 is 0 Å². The van der Waals surface area contributed by atoms with Crippen LogP contribution >= 0.6 is 27.3 Å². The summed E-state index contributed by atoms with van der Waals surface area (Å²) in [5.74, 6) is 0. The predicted octanol–water partition coefficient (Wildman–Crippen LogP) is 2.91. The molecule has 0 aliphatic rings. The summed E-state index contributed by atoms with van der Waals surface area (Å²) in [5.41, 5.74) is 1.17. The molecule has 2 rings (SSSR count). The van der Waals surface area contributed by atoms with E-state index in [2.05, 4.69) is 27.1 Å². The Morgan fingerprint density at radius 2 is 2.33 bits per heavy atom. The summed E-state index contributed by atoms with van der Waals surface area (Å²) in [6.45, 7) is 0. The molecule has 62 valence electrons. The Hall–Kier alpha value is -0.610. The minimum Gasteiger partial charge on any atom is -0.275 e. The molecule has 2 heterocycles. The van der Waals surface area contributed by atoms with Crippen molar-refractivity contribution in [3.8, 4) is 10.4 Å². The largest absolute Gasteiger partial charge is 0.275 e. The molecule has 4 heteroatoms. The molecule has 0 atom stereocenters. The minimum atomic E-state index is 1.15. The second-order valence-electron chi connectivity index (χ2n) is 2.51. The maximum atomic E-state index is 4.11. The van der Waals surface area contributed by atoms with Gasteiger partial charge in [0.2, 0.25) is 0 Å². The zero-order chi connectivity index (χ0) is 8.55. The quantitative estimate of drug-likeness (QED) is 0.752. The van der Waals surface area contributed by atoms with Gasteiger partial charge in [-0.1, -0.05) is 0 Å². The van der Waals surface area contributed by atoms with Crippen molar-refractivity contribution in [1.29, 1.82) is 0 Å². The predicted molar refractivity (Wildman–Crippen MR) is 54.2 cm³/mol. The Labute approximate surface area is 83.0 Å². The van der Waals surface area contributed by atoms with E-state index in [0.717, 1.165) is 3.79 Å². The summed E-state index contributed by atoms with van der Waals surface area (Å²) in [6.07, 6.45) is 3.89. The molecule has 0 aromatic carbocycles. The van der Waals surface area contributed by atoms with E-state index in [1.807, 2.05) is 30.2 Å². The third kappa shape index (κ3) is 1.44. The van der Waals surface area contributed by atoms with E-state index in [1.54, 1.807) is 11.3 Å². The van der Waals surface area contributed by atoms with Crippen molar-refractivity contribution < 1.29 is 0 Å². The molecule has 0 aliphatic heterocycles. The second-order valence-corrected chi connectivity index (χ2v) is 4.97. The Kier molecular flexibility index (Phi) is 2.02. The lowest BCUT2D eigenvalue weighted by molar-refractivity contribution is 0.768. The number of aryl methyl sites for hydroxylation is 1. The molecule has 0 spiro atoms. The molecule has 0 unspecified atom stereocenters. The molecule has 2 aromatic rings. The maximum Gasteiger partial charge on any atom is 0.0705 e. The van der Waals surface area contributed by atoms with Crippen molar-refractivity contribution in [2.75, 3.05) is 0 Å². The summed E-state index contributed by atoms with van der Waals surface area (Å²) >= 11 is 5.15. The van der Waals surface area contributed by atoms with Crippen LogP contribution in [0.25, 0.3) is 10.4 Å². The Morgan fingerprint density at radius 1 is 1.50 bits per heavy atom. The highest BCUT2D eigenvalue weighted by molar-refractivity contribution is 9.11. The SMILES string of the molecule is Cn1cc(-c2ccc(Br)s2)cn1. The number of nitrogens with zero attached hydrogens (tertiary/aromatic N) is 2. The van der Waals surface area contributed by atoms with Crippen molar-refractivity contribution in [2.45, 2.75) is 0 Å². The number of rotatable bonds is 1. The zero-order valence-corrected chi connectivity index (χ0v) is 8.89. The number of halogens is 1. The van der Waals surface area contributed by atoms with Crippen molar-refractivity contribution in [1.82, 2.24) is 9.78 Å². The Morgan fingerprint density at radius 3 is 2.83 bits per heavy atom. The third-order valence-corrected chi connectivity index (χ3v) is 3.24. The van der Waals surface area contributed by atoms with Crippen molar-refractivity contribution in [3.63, 3.8) is 0 Å². The summed E-state index contributed by atoms with van der Waals surface area (Å²) in [5, 5.41) is 4.11. The first kappa shape index (κ1) is 8.01. The van der Waals surface area contributed by atoms with Gasteiger partial charge in [0.05, 0.1) is 9.98 Å². The standard InChI is InChI=1S/C8H7BrN2S/c1-11-5-6(4-10-11)7-2-3-8(9)12-7/h2-5H,1H3. The average Bonchev–Trinajstić information content (AvgIpc) is 2.58. The summed E-state index contributed by atoms with van der Waals surface area (Å²) in [4.78, 5) is 1.25. The topological polar surface area (TPSA) is 17.8 Å². The van der Waals surface area contributed by atoms with Gasteiger partial charge >= 0.3 is 0 Å². The smallest absolute Gasteiger partial charge is 0.0705 e. The molecule has 2 nitrogen and oxygen atoms in total. The van der Waals surface area contributed by atoms with Crippen LogP contribution in [0.2, 0.25) is 0 Å². The van der Waals surface area contributed by atoms with Gasteiger partial charge in [0.25, 0.3) is 0 Å². The lowest BCUT2D eigenvalue weighted by Crippen LogP contribution is -1.83. The lowest BCUT2D eigenvalue weighted by atomic mass is 10.3. The van der Waals surface area contributed by atoms with Crippen molar-refractivity contribution in [2.24, 2.45) is 7.05 Å². The molecule has 2 aromatic heterocycles. The van der Waals surface area contributed by atoms with Crippen LogP contribution in [-0.4, -0.2) is 9.78 Å².